The molecule has 2 rings (SSSR count). The molecule has 2 unspecified atom stereocenters. The van der Waals surface area contributed by atoms with Gasteiger partial charge in [0.15, 0.2) is 0 Å². The molecular weight excluding hydrogens is 266 g/mol. The van der Waals surface area contributed by atoms with Gasteiger partial charge in [0.25, 0.3) is 0 Å². The lowest BCUT2D eigenvalue weighted by molar-refractivity contribution is -0.147. The molecule has 0 spiro atoms. The Labute approximate surface area is 115 Å². The minimum Gasteiger partial charge on any atom is -0.480 e. The first-order chi connectivity index (χ1) is 8.95. The summed E-state index contributed by atoms with van der Waals surface area (Å²) in [6.45, 7) is 3.90. The number of aromatic nitrogens is 1. The van der Waals surface area contributed by atoms with E-state index in [4.69, 9.17) is 0 Å². The summed E-state index contributed by atoms with van der Waals surface area (Å²) < 4.78 is 0. The third-order valence-electron chi connectivity index (χ3n) is 3.51. The van der Waals surface area contributed by atoms with Crippen molar-refractivity contribution in [2.75, 3.05) is 6.54 Å². The molecule has 1 aromatic rings. The average molecular weight is 283 g/mol. The molecule has 0 saturated carbocycles. The Morgan fingerprint density at radius 1 is 1.63 bits per heavy atom. The van der Waals surface area contributed by atoms with E-state index < -0.39 is 11.5 Å². The van der Waals surface area contributed by atoms with Crippen molar-refractivity contribution in [3.05, 3.63) is 16.6 Å². The molecule has 2 N–H and O–H groups in total. The Hall–Kier alpha value is -1.63. The molecule has 1 aliphatic heterocycles. The summed E-state index contributed by atoms with van der Waals surface area (Å²) in [5, 5.41) is 14.7. The number of urea groups is 1. The van der Waals surface area contributed by atoms with Crippen LogP contribution in [0.25, 0.3) is 0 Å². The van der Waals surface area contributed by atoms with E-state index in [1.54, 1.807) is 13.1 Å². The first kappa shape index (κ1) is 13.8. The molecule has 0 bridgehead atoms. The van der Waals surface area contributed by atoms with E-state index in [0.717, 1.165) is 5.01 Å². The number of amides is 2. The second kappa shape index (κ2) is 5.16. The molecule has 104 valence electrons. The predicted molar refractivity (Wildman–Crippen MR) is 71.0 cm³/mol. The average Bonchev–Trinajstić information content (AvgIpc) is 2.97. The first-order valence-corrected chi connectivity index (χ1v) is 7.04. The van der Waals surface area contributed by atoms with Crippen molar-refractivity contribution in [3.63, 3.8) is 0 Å². The topological polar surface area (TPSA) is 82.5 Å². The van der Waals surface area contributed by atoms with Crippen LogP contribution < -0.4 is 5.32 Å². The molecule has 0 aliphatic carbocycles. The van der Waals surface area contributed by atoms with Gasteiger partial charge in [-0.3, -0.25) is 0 Å². The summed E-state index contributed by atoms with van der Waals surface area (Å²) >= 11 is 1.46. The molecular formula is C12H17N3O3S. The van der Waals surface area contributed by atoms with Crippen LogP contribution in [0.1, 0.15) is 37.7 Å². The van der Waals surface area contributed by atoms with Gasteiger partial charge in [0.2, 0.25) is 0 Å². The molecule has 1 aromatic heterocycles. The highest BCUT2D eigenvalue weighted by atomic mass is 32.1. The molecule has 7 heteroatoms. The zero-order valence-corrected chi connectivity index (χ0v) is 11.7. The Balaban J connectivity index is 2.06. The lowest BCUT2D eigenvalue weighted by atomic mass is 10.00. The van der Waals surface area contributed by atoms with Crippen LogP contribution in [0.15, 0.2) is 11.6 Å². The molecule has 0 radical (unpaired) electrons. The van der Waals surface area contributed by atoms with Crippen LogP contribution >= 0.6 is 11.3 Å². The number of carbonyl (C=O) groups excluding carboxylic acids is 1. The highest BCUT2D eigenvalue weighted by Gasteiger charge is 2.46. The van der Waals surface area contributed by atoms with Crippen LogP contribution in [-0.4, -0.2) is 39.1 Å². The molecule has 2 heterocycles. The molecule has 2 atom stereocenters. The number of hydrogen-bond donors (Lipinski definition) is 2. The monoisotopic (exact) mass is 283 g/mol. The van der Waals surface area contributed by atoms with Crippen molar-refractivity contribution in [2.45, 2.75) is 38.3 Å². The summed E-state index contributed by atoms with van der Waals surface area (Å²) in [5.74, 6) is -0.956. The Kier molecular flexibility index (Phi) is 3.75. The predicted octanol–water partition coefficient (Wildman–Crippen LogP) is 1.85. The van der Waals surface area contributed by atoms with Gasteiger partial charge >= 0.3 is 12.0 Å². The van der Waals surface area contributed by atoms with E-state index in [2.05, 4.69) is 10.3 Å². The van der Waals surface area contributed by atoms with Gasteiger partial charge in [0, 0.05) is 18.1 Å². The Bertz CT molecular complexity index is 477. The summed E-state index contributed by atoms with van der Waals surface area (Å²) in [7, 11) is 0. The van der Waals surface area contributed by atoms with E-state index in [-0.39, 0.29) is 12.1 Å². The van der Waals surface area contributed by atoms with Crippen molar-refractivity contribution in [1.82, 2.24) is 15.2 Å². The SMILES string of the molecule is CC(NC(=O)N1CCCC1(C)C(=O)O)c1nccs1. The van der Waals surface area contributed by atoms with Gasteiger partial charge in [-0.15, -0.1) is 11.3 Å². The van der Waals surface area contributed by atoms with Crippen LogP contribution in [0, 0.1) is 0 Å². The van der Waals surface area contributed by atoms with E-state index >= 15 is 0 Å². The largest absolute Gasteiger partial charge is 0.480 e. The summed E-state index contributed by atoms with van der Waals surface area (Å²) in [4.78, 5) is 29.1. The highest BCUT2D eigenvalue weighted by molar-refractivity contribution is 7.09. The number of carboxylic acid groups (broad SMARTS) is 1. The van der Waals surface area contributed by atoms with Gasteiger partial charge in [-0.2, -0.15) is 0 Å². The summed E-state index contributed by atoms with van der Waals surface area (Å²) in [5.41, 5.74) is -1.10. The lowest BCUT2D eigenvalue weighted by Gasteiger charge is -2.32. The minimum absolute atomic E-state index is 0.217. The van der Waals surface area contributed by atoms with Crippen molar-refractivity contribution in [1.29, 1.82) is 0 Å². The Morgan fingerprint density at radius 3 is 2.95 bits per heavy atom. The molecule has 1 saturated heterocycles. The molecule has 1 aliphatic rings. The van der Waals surface area contributed by atoms with Gasteiger partial charge in [-0.1, -0.05) is 0 Å². The Morgan fingerprint density at radius 2 is 2.37 bits per heavy atom. The van der Waals surface area contributed by atoms with E-state index in [1.165, 1.54) is 16.2 Å². The lowest BCUT2D eigenvalue weighted by Crippen LogP contribution is -2.54. The fraction of sp³-hybridized carbons (Fsp3) is 0.583. The first-order valence-electron chi connectivity index (χ1n) is 6.16. The number of carboxylic acids is 1. The molecule has 6 nitrogen and oxygen atoms in total. The van der Waals surface area contributed by atoms with Gasteiger partial charge in [0.05, 0.1) is 6.04 Å². The zero-order valence-electron chi connectivity index (χ0n) is 10.9. The van der Waals surface area contributed by atoms with E-state index in [0.29, 0.717) is 19.4 Å². The fourth-order valence-corrected chi connectivity index (χ4v) is 2.93. The van der Waals surface area contributed by atoms with Crippen molar-refractivity contribution in [2.24, 2.45) is 0 Å². The number of nitrogens with one attached hydrogen (secondary N) is 1. The van der Waals surface area contributed by atoms with Crippen molar-refractivity contribution < 1.29 is 14.7 Å². The van der Waals surface area contributed by atoms with Crippen molar-refractivity contribution in [3.8, 4) is 0 Å². The van der Waals surface area contributed by atoms with Crippen LogP contribution in [0.5, 0.6) is 0 Å². The van der Waals surface area contributed by atoms with Crippen LogP contribution in [0.2, 0.25) is 0 Å². The zero-order chi connectivity index (χ0) is 14.0. The van der Waals surface area contributed by atoms with Crippen molar-refractivity contribution >= 4 is 23.3 Å². The second-order valence-corrected chi connectivity index (χ2v) is 5.80. The third-order valence-corrected chi connectivity index (χ3v) is 4.47. The molecule has 0 aromatic carbocycles. The molecule has 19 heavy (non-hydrogen) atoms. The van der Waals surface area contributed by atoms with Gasteiger partial charge in [-0.25, -0.2) is 14.6 Å². The normalized spacial score (nSPS) is 24.2. The molecule has 2 amide bonds. The van der Waals surface area contributed by atoms with Crippen LogP contribution in [0.3, 0.4) is 0 Å². The quantitative estimate of drug-likeness (QED) is 0.887. The smallest absolute Gasteiger partial charge is 0.329 e. The van der Waals surface area contributed by atoms with Gasteiger partial charge in [0.1, 0.15) is 10.5 Å². The summed E-state index contributed by atoms with van der Waals surface area (Å²) in [6, 6.07) is -0.559. The maximum absolute atomic E-state index is 12.2. The number of nitrogens with zero attached hydrogens (tertiary/aromatic N) is 2. The standard InChI is InChI=1S/C12H17N3O3S/c1-8(9-13-5-7-19-9)14-11(18)15-6-3-4-12(15,2)10(16)17/h5,7-8H,3-4,6H2,1-2H3,(H,14,18)(H,16,17). The second-order valence-electron chi connectivity index (χ2n) is 4.88. The van der Waals surface area contributed by atoms with Crippen LogP contribution in [-0.2, 0) is 4.79 Å². The fourth-order valence-electron chi connectivity index (χ4n) is 2.28. The number of rotatable bonds is 3. The number of hydrogen-bond acceptors (Lipinski definition) is 4. The maximum atomic E-state index is 12.2. The maximum Gasteiger partial charge on any atom is 0.329 e. The number of aliphatic carboxylic acids is 1. The minimum atomic E-state index is -1.10. The third kappa shape index (κ3) is 2.56. The molecule has 1 fully saturated rings. The summed E-state index contributed by atoms with van der Waals surface area (Å²) in [6.07, 6.45) is 2.88. The number of likely N-dealkylation sites (tertiary alicyclic amines) is 1. The number of thiazole rings is 1. The van der Waals surface area contributed by atoms with Crippen LogP contribution in [0.4, 0.5) is 4.79 Å². The van der Waals surface area contributed by atoms with E-state index in [1.807, 2.05) is 12.3 Å². The van der Waals surface area contributed by atoms with Gasteiger partial charge in [-0.05, 0) is 26.7 Å². The van der Waals surface area contributed by atoms with E-state index in [9.17, 15) is 14.7 Å². The number of carbonyl (C=O) groups is 2. The van der Waals surface area contributed by atoms with Gasteiger partial charge < -0.3 is 15.3 Å². The highest BCUT2D eigenvalue weighted by Crippen LogP contribution is 2.29.